The van der Waals surface area contributed by atoms with Gasteiger partial charge >= 0.3 is 0 Å². The lowest BCUT2D eigenvalue weighted by Crippen LogP contribution is -2.51. The molecule has 0 saturated heterocycles. The second-order valence-electron chi connectivity index (χ2n) is 7.88. The fraction of sp³-hybridized carbons (Fsp3) is 0.700. The maximum absolute atomic E-state index is 4.02. The lowest BCUT2D eigenvalue weighted by molar-refractivity contribution is 0.136. The van der Waals surface area contributed by atoms with E-state index in [-0.39, 0.29) is 0 Å². The third kappa shape index (κ3) is 3.51. The summed E-state index contributed by atoms with van der Waals surface area (Å²) in [6.45, 7) is 7.24. The predicted octanol–water partition coefficient (Wildman–Crippen LogP) is 4.98. The van der Waals surface area contributed by atoms with Crippen molar-refractivity contribution in [2.75, 3.05) is 0 Å². The highest BCUT2D eigenvalue weighted by Gasteiger charge is 2.36. The molecule has 116 valence electrons. The summed E-state index contributed by atoms with van der Waals surface area (Å²) in [4.78, 5) is 0. The molecule has 2 aliphatic carbocycles. The van der Waals surface area contributed by atoms with Crippen LogP contribution in [0.5, 0.6) is 0 Å². The lowest BCUT2D eigenvalue weighted by atomic mass is 9.71. The van der Waals surface area contributed by atoms with E-state index in [0.29, 0.717) is 0 Å². The van der Waals surface area contributed by atoms with Gasteiger partial charge in [0.1, 0.15) is 0 Å². The first-order chi connectivity index (χ1) is 10.1. The van der Waals surface area contributed by atoms with E-state index < -0.39 is 0 Å². The topological polar surface area (TPSA) is 12.0 Å². The molecule has 0 amide bonds. The van der Waals surface area contributed by atoms with Crippen molar-refractivity contribution in [2.24, 2.45) is 17.8 Å². The molecule has 0 bridgehead atoms. The molecule has 1 aromatic carbocycles. The molecule has 0 spiro atoms. The van der Waals surface area contributed by atoms with Gasteiger partial charge in [0.25, 0.3) is 0 Å². The summed E-state index contributed by atoms with van der Waals surface area (Å²) < 4.78 is 0. The summed E-state index contributed by atoms with van der Waals surface area (Å²) in [5.74, 6) is 3.40. The number of benzene rings is 1. The number of rotatable bonds is 4. The van der Waals surface area contributed by atoms with E-state index in [1.807, 2.05) is 0 Å². The van der Waals surface area contributed by atoms with Crippen LogP contribution in [0.25, 0.3) is 0 Å². The second-order valence-corrected chi connectivity index (χ2v) is 7.88. The van der Waals surface area contributed by atoms with E-state index in [2.05, 4.69) is 56.4 Å². The Hall–Kier alpha value is -0.820. The Kier molecular flexibility index (Phi) is 4.69. The van der Waals surface area contributed by atoms with Crippen molar-refractivity contribution in [1.29, 1.82) is 0 Å². The van der Waals surface area contributed by atoms with E-state index in [4.69, 9.17) is 0 Å². The van der Waals surface area contributed by atoms with Gasteiger partial charge in [0.05, 0.1) is 0 Å². The molecule has 0 radical (unpaired) electrons. The highest BCUT2D eigenvalue weighted by Crippen LogP contribution is 2.39. The molecule has 1 heteroatoms. The van der Waals surface area contributed by atoms with E-state index in [0.717, 1.165) is 35.8 Å². The largest absolute Gasteiger partial charge is 0.311 e. The van der Waals surface area contributed by atoms with Crippen LogP contribution >= 0.6 is 0 Å². The fourth-order valence-corrected chi connectivity index (χ4v) is 4.45. The molecular weight excluding hydrogens is 254 g/mol. The van der Waals surface area contributed by atoms with Gasteiger partial charge in [-0.25, -0.2) is 0 Å². The first-order valence-corrected chi connectivity index (χ1v) is 8.94. The molecule has 3 atom stereocenters. The molecule has 1 nitrogen and oxygen atoms in total. The summed E-state index contributed by atoms with van der Waals surface area (Å²) in [7, 11) is 0. The van der Waals surface area contributed by atoms with E-state index in [9.17, 15) is 0 Å². The molecule has 0 heterocycles. The average Bonchev–Trinajstić information content (AvgIpc) is 2.43. The second kappa shape index (κ2) is 6.52. The molecule has 1 aromatic rings. The number of hydrogen-bond donors (Lipinski definition) is 1. The summed E-state index contributed by atoms with van der Waals surface area (Å²) in [6.07, 6.45) is 6.90. The highest BCUT2D eigenvalue weighted by atomic mass is 15.0. The number of nitrogens with one attached hydrogen (secondary N) is 1. The van der Waals surface area contributed by atoms with Crippen LogP contribution in [-0.2, 0) is 0 Å². The molecule has 2 fully saturated rings. The van der Waals surface area contributed by atoms with Gasteiger partial charge in [-0.15, -0.1) is 0 Å². The Bertz CT molecular complexity index is 432. The molecule has 2 aliphatic rings. The van der Waals surface area contributed by atoms with E-state index in [1.54, 1.807) is 0 Å². The highest BCUT2D eigenvalue weighted by molar-refractivity contribution is 5.22. The van der Waals surface area contributed by atoms with Crippen molar-refractivity contribution in [3.63, 3.8) is 0 Å². The van der Waals surface area contributed by atoms with Crippen LogP contribution < -0.4 is 5.32 Å². The van der Waals surface area contributed by atoms with Gasteiger partial charge in [0, 0.05) is 12.1 Å². The zero-order chi connectivity index (χ0) is 14.8. The lowest BCUT2D eigenvalue weighted by Gasteiger charge is -2.44. The SMILES string of the molecule is CC1CCC(C(C)C)C(NC2CC(c3ccccc3)C2)C1. The zero-order valence-electron chi connectivity index (χ0n) is 13.9. The maximum Gasteiger partial charge on any atom is 0.0103 e. The van der Waals surface area contributed by atoms with E-state index in [1.165, 1.54) is 37.7 Å². The van der Waals surface area contributed by atoms with Crippen LogP contribution in [0.2, 0.25) is 0 Å². The third-order valence-electron chi connectivity index (χ3n) is 5.88. The molecule has 3 rings (SSSR count). The molecule has 21 heavy (non-hydrogen) atoms. The van der Waals surface area contributed by atoms with Crippen molar-refractivity contribution in [3.05, 3.63) is 35.9 Å². The smallest absolute Gasteiger partial charge is 0.0103 e. The van der Waals surface area contributed by atoms with Crippen LogP contribution in [0.4, 0.5) is 0 Å². The summed E-state index contributed by atoms with van der Waals surface area (Å²) >= 11 is 0. The minimum absolute atomic E-state index is 0.756. The summed E-state index contributed by atoms with van der Waals surface area (Å²) in [5, 5.41) is 4.02. The van der Waals surface area contributed by atoms with Crippen molar-refractivity contribution in [2.45, 2.75) is 70.9 Å². The molecule has 0 aromatic heterocycles. The average molecular weight is 285 g/mol. The zero-order valence-corrected chi connectivity index (χ0v) is 13.9. The van der Waals surface area contributed by atoms with E-state index >= 15 is 0 Å². The van der Waals surface area contributed by atoms with Crippen LogP contribution in [-0.4, -0.2) is 12.1 Å². The molecular formula is C20H31N. The van der Waals surface area contributed by atoms with Crippen molar-refractivity contribution in [3.8, 4) is 0 Å². The van der Waals surface area contributed by atoms with Gasteiger partial charge in [0.2, 0.25) is 0 Å². The molecule has 1 N–H and O–H groups in total. The Morgan fingerprint density at radius 2 is 1.71 bits per heavy atom. The van der Waals surface area contributed by atoms with Gasteiger partial charge in [-0.05, 0) is 54.9 Å². The van der Waals surface area contributed by atoms with Gasteiger partial charge in [-0.1, -0.05) is 57.5 Å². The third-order valence-corrected chi connectivity index (χ3v) is 5.88. The maximum atomic E-state index is 4.02. The normalized spacial score (nSPS) is 36.5. The standard InChI is InChI=1S/C20H31N/c1-14(2)19-10-9-15(3)11-20(19)21-18-12-17(13-18)16-7-5-4-6-8-16/h4-8,14-15,17-21H,9-13H2,1-3H3. The Morgan fingerprint density at radius 3 is 2.38 bits per heavy atom. The van der Waals surface area contributed by atoms with Crippen molar-refractivity contribution in [1.82, 2.24) is 5.32 Å². The minimum atomic E-state index is 0.756. The molecule has 0 aliphatic heterocycles. The molecule has 3 unspecified atom stereocenters. The molecule has 2 saturated carbocycles. The quantitative estimate of drug-likeness (QED) is 0.822. The summed E-state index contributed by atoms with van der Waals surface area (Å²) in [5.41, 5.74) is 1.54. The minimum Gasteiger partial charge on any atom is -0.311 e. The fourth-order valence-electron chi connectivity index (χ4n) is 4.45. The van der Waals surface area contributed by atoms with Crippen LogP contribution in [0.1, 0.15) is 64.4 Å². The van der Waals surface area contributed by atoms with Crippen LogP contribution in [0, 0.1) is 17.8 Å². The van der Waals surface area contributed by atoms with Gasteiger partial charge in [-0.3, -0.25) is 0 Å². The Labute approximate surface area is 130 Å². The van der Waals surface area contributed by atoms with Crippen molar-refractivity contribution >= 4 is 0 Å². The number of hydrogen-bond acceptors (Lipinski definition) is 1. The van der Waals surface area contributed by atoms with Gasteiger partial charge in [0.15, 0.2) is 0 Å². The predicted molar refractivity (Wildman–Crippen MR) is 90.5 cm³/mol. The van der Waals surface area contributed by atoms with Crippen LogP contribution in [0.15, 0.2) is 30.3 Å². The Morgan fingerprint density at radius 1 is 1.00 bits per heavy atom. The monoisotopic (exact) mass is 285 g/mol. The van der Waals surface area contributed by atoms with Crippen molar-refractivity contribution < 1.29 is 0 Å². The van der Waals surface area contributed by atoms with Gasteiger partial charge in [-0.2, -0.15) is 0 Å². The first-order valence-electron chi connectivity index (χ1n) is 8.94. The summed E-state index contributed by atoms with van der Waals surface area (Å²) in [6, 6.07) is 12.6. The van der Waals surface area contributed by atoms with Gasteiger partial charge < -0.3 is 5.32 Å². The first kappa shape index (κ1) is 15.1. The Balaban J connectivity index is 1.53. The van der Waals surface area contributed by atoms with Crippen LogP contribution in [0.3, 0.4) is 0 Å².